The smallest absolute Gasteiger partial charge is 0.329 e. The van der Waals surface area contributed by atoms with Crippen LogP contribution in [0.4, 0.5) is 0 Å². The molecule has 2 N–H and O–H groups in total. The molecule has 0 saturated heterocycles. The number of ether oxygens (including phenoxy) is 2. The summed E-state index contributed by atoms with van der Waals surface area (Å²) in [6.07, 6.45) is 0.590. The Hall–Kier alpha value is -0.190. The molecule has 78 valence electrons. The molecule has 13 heavy (non-hydrogen) atoms. The highest BCUT2D eigenvalue weighted by Gasteiger charge is 2.13. The second kappa shape index (κ2) is 5.52. The van der Waals surface area contributed by atoms with Gasteiger partial charge >= 0.3 is 7.60 Å². The molecule has 0 aliphatic rings. The third-order valence-electron chi connectivity index (χ3n) is 1.45. The highest BCUT2D eigenvalue weighted by atomic mass is 31.2. The van der Waals surface area contributed by atoms with Gasteiger partial charge in [-0.05, 0) is 12.5 Å². The number of hydrogen-bond donors (Lipinski definition) is 2. The highest BCUT2D eigenvalue weighted by molar-refractivity contribution is 7.51. The van der Waals surface area contributed by atoms with E-state index in [1.165, 1.54) is 20.3 Å². The second-order valence-electron chi connectivity index (χ2n) is 2.60. The first-order chi connectivity index (χ1) is 5.90. The average Bonchev–Trinajstić information content (AvgIpc) is 2.02. The zero-order valence-corrected chi connectivity index (χ0v) is 8.82. The molecular weight excluding hydrogens is 195 g/mol. The van der Waals surface area contributed by atoms with Gasteiger partial charge in [-0.15, -0.1) is 0 Å². The van der Waals surface area contributed by atoms with Crippen LogP contribution in [0, 0.1) is 0 Å². The van der Waals surface area contributed by atoms with Gasteiger partial charge in [0.05, 0.1) is 6.16 Å². The summed E-state index contributed by atoms with van der Waals surface area (Å²) < 4.78 is 20.3. The van der Waals surface area contributed by atoms with Gasteiger partial charge in [0.2, 0.25) is 0 Å². The summed E-state index contributed by atoms with van der Waals surface area (Å²) in [5.41, 5.74) is 0.647. The summed E-state index contributed by atoms with van der Waals surface area (Å²) in [5.74, 6) is 0. The molecule has 0 radical (unpaired) electrons. The maximum absolute atomic E-state index is 10.5. The Bertz CT molecular complexity index is 215. The van der Waals surface area contributed by atoms with Gasteiger partial charge in [0.15, 0.2) is 6.29 Å². The van der Waals surface area contributed by atoms with Crippen molar-refractivity contribution in [2.75, 3.05) is 20.4 Å². The fourth-order valence-electron chi connectivity index (χ4n) is 0.827. The first-order valence-corrected chi connectivity index (χ1v) is 5.47. The Morgan fingerprint density at radius 3 is 2.23 bits per heavy atom. The maximum atomic E-state index is 10.5. The molecule has 0 unspecified atom stereocenters. The zero-order valence-electron chi connectivity index (χ0n) is 7.93. The van der Waals surface area contributed by atoms with Crippen LogP contribution in [0.5, 0.6) is 0 Å². The van der Waals surface area contributed by atoms with E-state index in [2.05, 4.69) is 0 Å². The van der Waals surface area contributed by atoms with Crippen molar-refractivity contribution in [1.82, 2.24) is 0 Å². The Kier molecular flexibility index (Phi) is 5.44. The molecule has 5 nitrogen and oxygen atoms in total. The average molecular weight is 210 g/mol. The number of allylic oxidation sites excluding steroid dienone is 1. The van der Waals surface area contributed by atoms with Crippen molar-refractivity contribution in [3.05, 3.63) is 11.6 Å². The van der Waals surface area contributed by atoms with Gasteiger partial charge in [0.25, 0.3) is 0 Å². The Morgan fingerprint density at radius 2 is 1.92 bits per heavy atom. The van der Waals surface area contributed by atoms with Crippen LogP contribution in [-0.4, -0.2) is 36.5 Å². The predicted octanol–water partition coefficient (Wildman–Crippen LogP) is 0.729. The molecule has 6 heteroatoms. The standard InChI is InChI=1S/C7H15O5P/c1-6(7(11-2)12-3)4-5-13(8,9)10/h4,7H,5H2,1-3H3,(H2,8,9,10). The van der Waals surface area contributed by atoms with Crippen molar-refractivity contribution >= 4 is 7.60 Å². The van der Waals surface area contributed by atoms with E-state index < -0.39 is 13.9 Å². The van der Waals surface area contributed by atoms with Crippen LogP contribution < -0.4 is 0 Å². The van der Waals surface area contributed by atoms with E-state index in [1.54, 1.807) is 6.92 Å². The third kappa shape index (κ3) is 5.96. The molecule has 0 aliphatic carbocycles. The van der Waals surface area contributed by atoms with Gasteiger partial charge in [-0.1, -0.05) is 6.08 Å². The lowest BCUT2D eigenvalue weighted by Gasteiger charge is -2.13. The van der Waals surface area contributed by atoms with Crippen molar-refractivity contribution in [2.24, 2.45) is 0 Å². The van der Waals surface area contributed by atoms with E-state index in [-0.39, 0.29) is 6.16 Å². The minimum absolute atomic E-state index is 0.290. The number of methoxy groups -OCH3 is 2. The lowest BCUT2D eigenvalue weighted by molar-refractivity contribution is -0.0747. The molecule has 0 aliphatic heterocycles. The highest BCUT2D eigenvalue weighted by Crippen LogP contribution is 2.34. The molecule has 0 atom stereocenters. The van der Waals surface area contributed by atoms with Gasteiger partial charge in [-0.25, -0.2) is 0 Å². The second-order valence-corrected chi connectivity index (χ2v) is 4.29. The molecule has 0 saturated carbocycles. The third-order valence-corrected chi connectivity index (χ3v) is 2.11. The summed E-state index contributed by atoms with van der Waals surface area (Å²) in [7, 11) is -1.05. The van der Waals surface area contributed by atoms with Crippen molar-refractivity contribution in [3.8, 4) is 0 Å². The van der Waals surface area contributed by atoms with Crippen molar-refractivity contribution < 1.29 is 23.8 Å². The summed E-state index contributed by atoms with van der Waals surface area (Å²) >= 11 is 0. The van der Waals surface area contributed by atoms with E-state index in [1.807, 2.05) is 0 Å². The molecule has 0 spiro atoms. The Morgan fingerprint density at radius 1 is 1.46 bits per heavy atom. The van der Waals surface area contributed by atoms with Gasteiger partial charge in [-0.3, -0.25) is 4.57 Å². The zero-order chi connectivity index (χ0) is 10.5. The van der Waals surface area contributed by atoms with E-state index >= 15 is 0 Å². The monoisotopic (exact) mass is 210 g/mol. The lowest BCUT2D eigenvalue weighted by atomic mass is 10.3. The van der Waals surface area contributed by atoms with Crippen LogP contribution >= 0.6 is 7.60 Å². The first-order valence-electron chi connectivity index (χ1n) is 3.67. The lowest BCUT2D eigenvalue weighted by Crippen LogP contribution is -2.14. The summed E-state index contributed by atoms with van der Waals surface area (Å²) in [6, 6.07) is 0. The molecule has 0 aromatic heterocycles. The van der Waals surface area contributed by atoms with Crippen LogP contribution in [0.3, 0.4) is 0 Å². The first kappa shape index (κ1) is 12.8. The van der Waals surface area contributed by atoms with E-state index in [0.29, 0.717) is 5.57 Å². The molecule has 0 heterocycles. The van der Waals surface area contributed by atoms with Crippen molar-refractivity contribution in [2.45, 2.75) is 13.2 Å². The van der Waals surface area contributed by atoms with Gasteiger partial charge in [-0.2, -0.15) is 0 Å². The van der Waals surface area contributed by atoms with Crippen molar-refractivity contribution in [1.29, 1.82) is 0 Å². The minimum atomic E-state index is -3.97. The fraction of sp³-hybridized carbons (Fsp3) is 0.714. The normalized spacial score (nSPS) is 13.8. The van der Waals surface area contributed by atoms with E-state index in [9.17, 15) is 4.57 Å². The van der Waals surface area contributed by atoms with Crippen LogP contribution in [-0.2, 0) is 14.0 Å². The van der Waals surface area contributed by atoms with Crippen LogP contribution in [0.15, 0.2) is 11.6 Å². The molecule has 0 rings (SSSR count). The molecule has 0 amide bonds. The predicted molar refractivity (Wildman–Crippen MR) is 48.5 cm³/mol. The van der Waals surface area contributed by atoms with Crippen LogP contribution in [0.1, 0.15) is 6.92 Å². The maximum Gasteiger partial charge on any atom is 0.329 e. The van der Waals surface area contributed by atoms with Crippen LogP contribution in [0.2, 0.25) is 0 Å². The number of hydrogen-bond acceptors (Lipinski definition) is 3. The SMILES string of the molecule is COC(OC)C(C)=CCP(=O)(O)O. The largest absolute Gasteiger partial charge is 0.352 e. The van der Waals surface area contributed by atoms with Gasteiger partial charge < -0.3 is 19.3 Å². The quantitative estimate of drug-likeness (QED) is 0.397. The van der Waals surface area contributed by atoms with Gasteiger partial charge in [0, 0.05) is 14.2 Å². The van der Waals surface area contributed by atoms with Crippen molar-refractivity contribution in [3.63, 3.8) is 0 Å². The molecule has 0 aromatic carbocycles. The summed E-state index contributed by atoms with van der Waals surface area (Å²) in [6.45, 7) is 1.69. The Labute approximate surface area is 77.5 Å². The van der Waals surface area contributed by atoms with E-state index in [0.717, 1.165) is 0 Å². The fourth-order valence-corrected chi connectivity index (χ4v) is 1.35. The summed E-state index contributed by atoms with van der Waals surface area (Å²) in [4.78, 5) is 17.2. The minimum Gasteiger partial charge on any atom is -0.352 e. The van der Waals surface area contributed by atoms with Gasteiger partial charge in [0.1, 0.15) is 0 Å². The molecule has 0 aromatic rings. The molecule has 0 bridgehead atoms. The van der Waals surface area contributed by atoms with Crippen LogP contribution in [0.25, 0.3) is 0 Å². The molecular formula is C7H15O5P. The topological polar surface area (TPSA) is 76.0 Å². The molecule has 0 fully saturated rings. The summed E-state index contributed by atoms with van der Waals surface area (Å²) in [5, 5.41) is 0. The Balaban J connectivity index is 4.23. The van der Waals surface area contributed by atoms with E-state index in [4.69, 9.17) is 19.3 Å². The number of rotatable bonds is 5.